The van der Waals surface area contributed by atoms with Gasteiger partial charge in [0.2, 0.25) is 0 Å². The van der Waals surface area contributed by atoms with Gasteiger partial charge in [-0.2, -0.15) is 5.10 Å². The molecule has 1 aliphatic rings. The molecule has 0 bridgehead atoms. The van der Waals surface area contributed by atoms with Gasteiger partial charge in [-0.3, -0.25) is 14.5 Å². The van der Waals surface area contributed by atoms with Crippen LogP contribution in [0.3, 0.4) is 0 Å². The van der Waals surface area contributed by atoms with E-state index in [1.54, 1.807) is 67.1 Å². The molecule has 206 valence electrons. The number of thioether (sulfide) groups is 1. The first-order valence-electron chi connectivity index (χ1n) is 12.6. The maximum Gasteiger partial charge on any atom is 0.267 e. The summed E-state index contributed by atoms with van der Waals surface area (Å²) < 4.78 is 11.3. The number of benzene rings is 3. The summed E-state index contributed by atoms with van der Waals surface area (Å²) in [5.41, 5.74) is 3.26. The molecule has 0 spiro atoms. The Balaban J connectivity index is 1.34. The molecule has 4 aromatic rings. The van der Waals surface area contributed by atoms with E-state index in [4.69, 9.17) is 20.8 Å². The van der Waals surface area contributed by atoms with Gasteiger partial charge in [-0.25, -0.2) is 0 Å². The molecule has 1 aromatic heterocycles. The quantitative estimate of drug-likeness (QED) is 0.133. The third-order valence-electron chi connectivity index (χ3n) is 6.00. The van der Waals surface area contributed by atoms with E-state index in [9.17, 15) is 9.59 Å². The molecule has 5 rings (SSSR count). The highest BCUT2D eigenvalue weighted by Crippen LogP contribution is 2.35. The zero-order valence-corrected chi connectivity index (χ0v) is 23.6. The summed E-state index contributed by atoms with van der Waals surface area (Å²) in [4.78, 5) is 27.9. The van der Waals surface area contributed by atoms with Crippen LogP contribution in [0.4, 0.5) is 5.69 Å². The van der Waals surface area contributed by atoms with Gasteiger partial charge in [-0.05, 0) is 78.4 Å². The molecule has 3 aromatic carbocycles. The van der Waals surface area contributed by atoms with Crippen molar-refractivity contribution in [3.8, 4) is 5.75 Å². The monoisotopic (exact) mass is 584 g/mol. The summed E-state index contributed by atoms with van der Waals surface area (Å²) in [6.45, 7) is 1.99. The second-order valence-corrected chi connectivity index (χ2v) is 10.4. The smallest absolute Gasteiger partial charge is 0.267 e. The molecule has 2 amide bonds. The maximum atomic E-state index is 13.5. The Hall–Kier alpha value is -4.60. The molecule has 1 fully saturated rings. The standard InChI is InChI=1S/C31H25ClN4O4S/c1-21-7-2-3-9-23(21)18-33-35-31-36(19-26-10-6-16-39-26)30(38)28(41-31)17-22-8-4-5-11-27(22)40-20-29(37)34-25-14-12-24(32)13-15-25/h2-18H,19-20H2,1H3,(H,34,37)/b28-17-,33-18+,35-31-. The molecule has 1 N–H and O–H groups in total. The molecule has 0 unspecified atom stereocenters. The number of para-hydroxylation sites is 1. The lowest BCUT2D eigenvalue weighted by Crippen LogP contribution is -2.28. The van der Waals surface area contributed by atoms with Crippen LogP contribution in [0.2, 0.25) is 5.02 Å². The predicted octanol–water partition coefficient (Wildman–Crippen LogP) is 6.77. The van der Waals surface area contributed by atoms with Crippen LogP contribution >= 0.6 is 23.4 Å². The van der Waals surface area contributed by atoms with Crippen LogP contribution in [-0.4, -0.2) is 34.7 Å². The normalized spacial score (nSPS) is 15.3. The molecule has 0 aliphatic carbocycles. The van der Waals surface area contributed by atoms with Crippen molar-refractivity contribution in [1.29, 1.82) is 0 Å². The van der Waals surface area contributed by atoms with Crippen molar-refractivity contribution in [2.24, 2.45) is 10.2 Å². The Kier molecular flexibility index (Phi) is 8.98. The van der Waals surface area contributed by atoms with E-state index in [2.05, 4.69) is 15.5 Å². The number of hydrogen-bond acceptors (Lipinski definition) is 7. The number of amidine groups is 1. The number of rotatable bonds is 9. The molecular formula is C31H25ClN4O4S. The summed E-state index contributed by atoms with van der Waals surface area (Å²) in [7, 11) is 0. The highest BCUT2D eigenvalue weighted by Gasteiger charge is 2.34. The van der Waals surface area contributed by atoms with E-state index in [-0.39, 0.29) is 25.0 Å². The van der Waals surface area contributed by atoms with Crippen LogP contribution in [0.1, 0.15) is 22.5 Å². The van der Waals surface area contributed by atoms with Gasteiger partial charge >= 0.3 is 0 Å². The second kappa shape index (κ2) is 13.2. The number of anilines is 1. The van der Waals surface area contributed by atoms with Gasteiger partial charge in [-0.1, -0.05) is 54.1 Å². The van der Waals surface area contributed by atoms with Crippen molar-refractivity contribution in [1.82, 2.24) is 4.90 Å². The topological polar surface area (TPSA) is 96.5 Å². The van der Waals surface area contributed by atoms with E-state index >= 15 is 0 Å². The first kappa shape index (κ1) is 27.9. The zero-order chi connectivity index (χ0) is 28.6. The Morgan fingerprint density at radius 1 is 1.02 bits per heavy atom. The lowest BCUT2D eigenvalue weighted by atomic mass is 10.1. The van der Waals surface area contributed by atoms with Crippen molar-refractivity contribution in [3.63, 3.8) is 0 Å². The number of aryl methyl sites for hydroxylation is 1. The first-order chi connectivity index (χ1) is 20.0. The Morgan fingerprint density at radius 3 is 2.54 bits per heavy atom. The lowest BCUT2D eigenvalue weighted by Gasteiger charge is -2.12. The molecule has 2 heterocycles. The number of halogens is 1. The number of carbonyl (C=O) groups is 2. The summed E-state index contributed by atoms with van der Waals surface area (Å²) >= 11 is 7.11. The summed E-state index contributed by atoms with van der Waals surface area (Å²) in [5.74, 6) is 0.504. The van der Waals surface area contributed by atoms with Crippen molar-refractivity contribution < 1.29 is 18.7 Å². The highest BCUT2D eigenvalue weighted by molar-refractivity contribution is 8.18. The van der Waals surface area contributed by atoms with E-state index < -0.39 is 0 Å². The van der Waals surface area contributed by atoms with Gasteiger partial charge in [-0.15, -0.1) is 5.10 Å². The molecular weight excluding hydrogens is 560 g/mol. The van der Waals surface area contributed by atoms with Crippen molar-refractivity contribution in [2.45, 2.75) is 13.5 Å². The van der Waals surface area contributed by atoms with E-state index in [0.29, 0.717) is 37.9 Å². The molecule has 0 atom stereocenters. The zero-order valence-electron chi connectivity index (χ0n) is 22.0. The molecule has 10 heteroatoms. The van der Waals surface area contributed by atoms with Crippen LogP contribution in [-0.2, 0) is 16.1 Å². The number of furan rings is 1. The largest absolute Gasteiger partial charge is 0.483 e. The van der Waals surface area contributed by atoms with E-state index in [1.807, 2.05) is 43.3 Å². The fraction of sp³-hybridized carbons (Fsp3) is 0.0968. The van der Waals surface area contributed by atoms with Crippen LogP contribution in [0, 0.1) is 6.92 Å². The van der Waals surface area contributed by atoms with Crippen molar-refractivity contribution in [2.75, 3.05) is 11.9 Å². The molecule has 0 radical (unpaired) electrons. The van der Waals surface area contributed by atoms with Crippen LogP contribution in [0.15, 0.2) is 111 Å². The molecule has 8 nitrogen and oxygen atoms in total. The average molecular weight is 585 g/mol. The van der Waals surface area contributed by atoms with E-state index in [0.717, 1.165) is 11.1 Å². The Bertz CT molecular complexity index is 1630. The number of hydrogen-bond donors (Lipinski definition) is 1. The highest BCUT2D eigenvalue weighted by atomic mass is 35.5. The number of carbonyl (C=O) groups excluding carboxylic acids is 2. The average Bonchev–Trinajstić information content (AvgIpc) is 3.59. The van der Waals surface area contributed by atoms with Gasteiger partial charge < -0.3 is 14.5 Å². The molecule has 0 saturated carbocycles. The third-order valence-corrected chi connectivity index (χ3v) is 7.25. The minimum Gasteiger partial charge on any atom is -0.483 e. The fourth-order valence-electron chi connectivity index (χ4n) is 3.90. The Morgan fingerprint density at radius 2 is 1.78 bits per heavy atom. The molecule has 41 heavy (non-hydrogen) atoms. The predicted molar refractivity (Wildman–Crippen MR) is 163 cm³/mol. The minimum atomic E-state index is -0.327. The first-order valence-corrected chi connectivity index (χ1v) is 13.8. The maximum absolute atomic E-state index is 13.5. The van der Waals surface area contributed by atoms with Crippen LogP contribution in [0.25, 0.3) is 6.08 Å². The van der Waals surface area contributed by atoms with Gasteiger partial charge in [0.15, 0.2) is 11.8 Å². The number of amides is 2. The number of nitrogens with zero attached hydrogens (tertiary/aromatic N) is 3. The SMILES string of the molecule is Cc1ccccc1/C=N/N=C1\S/C(=C\c2ccccc2OCC(=O)Nc2ccc(Cl)cc2)C(=O)N1Cc1ccco1. The molecule has 1 aliphatic heterocycles. The Labute approximate surface area is 246 Å². The van der Waals surface area contributed by atoms with Gasteiger partial charge in [0, 0.05) is 16.3 Å². The minimum absolute atomic E-state index is 0.206. The second-order valence-electron chi connectivity index (χ2n) is 8.95. The summed E-state index contributed by atoms with van der Waals surface area (Å²) in [6.07, 6.45) is 4.95. The number of nitrogens with one attached hydrogen (secondary N) is 1. The van der Waals surface area contributed by atoms with Gasteiger partial charge in [0.25, 0.3) is 11.8 Å². The van der Waals surface area contributed by atoms with Crippen molar-refractivity contribution >= 4 is 58.3 Å². The fourth-order valence-corrected chi connectivity index (χ4v) is 4.95. The summed E-state index contributed by atoms with van der Waals surface area (Å²) in [6, 6.07) is 25.4. The van der Waals surface area contributed by atoms with Gasteiger partial charge in [0.05, 0.1) is 23.9 Å². The van der Waals surface area contributed by atoms with E-state index in [1.165, 1.54) is 16.7 Å². The van der Waals surface area contributed by atoms with Crippen molar-refractivity contribution in [3.05, 3.63) is 124 Å². The summed E-state index contributed by atoms with van der Waals surface area (Å²) in [5, 5.41) is 12.4. The van der Waals surface area contributed by atoms with Crippen LogP contribution in [0.5, 0.6) is 5.75 Å². The lowest BCUT2D eigenvalue weighted by molar-refractivity contribution is -0.122. The molecule has 1 saturated heterocycles. The third kappa shape index (κ3) is 7.33. The van der Waals surface area contributed by atoms with Gasteiger partial charge in [0.1, 0.15) is 11.5 Å². The number of ether oxygens (including phenoxy) is 1. The van der Waals surface area contributed by atoms with Crippen LogP contribution < -0.4 is 10.1 Å².